The molecule has 1 fully saturated rings. The minimum Gasteiger partial charge on any atom is -0.489 e. The summed E-state index contributed by atoms with van der Waals surface area (Å²) in [6.07, 6.45) is 3.63. The first-order valence-corrected chi connectivity index (χ1v) is 8.72. The molecule has 0 radical (unpaired) electrons. The molecule has 0 unspecified atom stereocenters. The fourth-order valence-corrected chi connectivity index (χ4v) is 3.07. The van der Waals surface area contributed by atoms with Gasteiger partial charge in [-0.1, -0.05) is 72.8 Å². The second-order valence-corrected chi connectivity index (χ2v) is 6.57. The van der Waals surface area contributed by atoms with Gasteiger partial charge in [0.15, 0.2) is 0 Å². The van der Waals surface area contributed by atoms with Crippen LogP contribution in [0.5, 0.6) is 5.75 Å². The average molecular weight is 314 g/mol. The Hall–Kier alpha value is -2.54. The van der Waals surface area contributed by atoms with Crippen molar-refractivity contribution in [2.45, 2.75) is 31.8 Å². The zero-order valence-corrected chi connectivity index (χ0v) is 13.8. The molecule has 24 heavy (non-hydrogen) atoms. The normalized spacial score (nSPS) is 13.7. The number of benzene rings is 3. The maximum atomic E-state index is 6.07. The smallest absolute Gasteiger partial charge is 0.123 e. The Balaban J connectivity index is 1.46. The molecular formula is C23H22O. The third kappa shape index (κ3) is 3.68. The van der Waals surface area contributed by atoms with Crippen molar-refractivity contribution in [1.29, 1.82) is 0 Å². The highest BCUT2D eigenvalue weighted by Crippen LogP contribution is 2.40. The van der Waals surface area contributed by atoms with Crippen LogP contribution in [0.15, 0.2) is 78.9 Å². The summed E-state index contributed by atoms with van der Waals surface area (Å²) in [4.78, 5) is 0. The van der Waals surface area contributed by atoms with E-state index in [-0.39, 0.29) is 0 Å². The standard InChI is InChI=1S/C23H22O/c1-2-6-19(7-3-1)17-24-23-9-5-4-8-22(23)16-18-10-12-20(13-11-18)21-14-15-21/h1-13,21H,14-17H2. The molecule has 0 saturated heterocycles. The molecule has 0 spiro atoms. The van der Waals surface area contributed by atoms with Gasteiger partial charge >= 0.3 is 0 Å². The van der Waals surface area contributed by atoms with Crippen LogP contribution in [0, 0.1) is 0 Å². The van der Waals surface area contributed by atoms with E-state index in [4.69, 9.17) is 4.74 Å². The fourth-order valence-electron chi connectivity index (χ4n) is 3.07. The highest BCUT2D eigenvalue weighted by Gasteiger charge is 2.22. The van der Waals surface area contributed by atoms with Gasteiger partial charge in [-0.15, -0.1) is 0 Å². The van der Waals surface area contributed by atoms with Gasteiger partial charge in [0, 0.05) is 6.42 Å². The van der Waals surface area contributed by atoms with E-state index in [2.05, 4.69) is 54.6 Å². The van der Waals surface area contributed by atoms with Crippen LogP contribution < -0.4 is 4.74 Å². The Labute approximate surface area is 143 Å². The molecule has 0 bridgehead atoms. The molecule has 3 aromatic carbocycles. The average Bonchev–Trinajstić information content (AvgIpc) is 3.48. The number of ether oxygens (including phenoxy) is 1. The fraction of sp³-hybridized carbons (Fsp3) is 0.217. The molecule has 0 N–H and O–H groups in total. The quantitative estimate of drug-likeness (QED) is 0.564. The van der Waals surface area contributed by atoms with Gasteiger partial charge in [-0.3, -0.25) is 0 Å². The molecular weight excluding hydrogens is 292 g/mol. The van der Waals surface area contributed by atoms with E-state index in [9.17, 15) is 0 Å². The monoisotopic (exact) mass is 314 g/mol. The van der Waals surface area contributed by atoms with E-state index in [1.807, 2.05) is 24.3 Å². The van der Waals surface area contributed by atoms with Crippen molar-refractivity contribution in [3.8, 4) is 5.75 Å². The Kier molecular flexibility index (Phi) is 4.33. The molecule has 0 aliphatic heterocycles. The molecule has 1 nitrogen and oxygen atoms in total. The molecule has 0 amide bonds. The first-order valence-electron chi connectivity index (χ1n) is 8.72. The number of hydrogen-bond donors (Lipinski definition) is 0. The maximum Gasteiger partial charge on any atom is 0.123 e. The van der Waals surface area contributed by atoms with Crippen molar-refractivity contribution < 1.29 is 4.74 Å². The molecule has 1 heteroatoms. The van der Waals surface area contributed by atoms with E-state index < -0.39 is 0 Å². The molecule has 3 aromatic rings. The second-order valence-electron chi connectivity index (χ2n) is 6.57. The number of para-hydroxylation sites is 1. The lowest BCUT2D eigenvalue weighted by molar-refractivity contribution is 0.303. The second kappa shape index (κ2) is 6.92. The SMILES string of the molecule is c1ccc(COc2ccccc2Cc2ccc(C3CC3)cc2)cc1. The Morgan fingerprint density at radius 2 is 1.42 bits per heavy atom. The highest BCUT2D eigenvalue weighted by molar-refractivity contribution is 5.39. The minimum absolute atomic E-state index is 0.610. The Morgan fingerprint density at radius 1 is 0.708 bits per heavy atom. The zero-order valence-electron chi connectivity index (χ0n) is 13.8. The van der Waals surface area contributed by atoms with Crippen molar-refractivity contribution in [2.24, 2.45) is 0 Å². The van der Waals surface area contributed by atoms with Gasteiger partial charge in [0.2, 0.25) is 0 Å². The number of hydrogen-bond acceptors (Lipinski definition) is 1. The van der Waals surface area contributed by atoms with Crippen molar-refractivity contribution >= 4 is 0 Å². The summed E-state index contributed by atoms with van der Waals surface area (Å²) in [5.74, 6) is 1.80. The summed E-state index contributed by atoms with van der Waals surface area (Å²) in [6, 6.07) is 27.8. The highest BCUT2D eigenvalue weighted by atomic mass is 16.5. The third-order valence-corrected chi connectivity index (χ3v) is 4.63. The van der Waals surface area contributed by atoms with E-state index in [0.717, 1.165) is 18.1 Å². The van der Waals surface area contributed by atoms with Crippen LogP contribution in [0.2, 0.25) is 0 Å². The molecule has 1 aliphatic carbocycles. The van der Waals surface area contributed by atoms with Crippen LogP contribution in [0.25, 0.3) is 0 Å². The van der Waals surface area contributed by atoms with Gasteiger partial charge in [0.25, 0.3) is 0 Å². The lowest BCUT2D eigenvalue weighted by Gasteiger charge is -2.12. The predicted octanol–water partition coefficient (Wildman–Crippen LogP) is 5.73. The molecule has 120 valence electrons. The zero-order chi connectivity index (χ0) is 16.2. The van der Waals surface area contributed by atoms with Gasteiger partial charge in [-0.05, 0) is 47.1 Å². The van der Waals surface area contributed by atoms with Crippen LogP contribution in [0.4, 0.5) is 0 Å². The van der Waals surface area contributed by atoms with Gasteiger partial charge in [0.05, 0.1) is 0 Å². The van der Waals surface area contributed by atoms with Crippen molar-refractivity contribution in [3.05, 3.63) is 101 Å². The van der Waals surface area contributed by atoms with E-state index >= 15 is 0 Å². The summed E-state index contributed by atoms with van der Waals surface area (Å²) in [5, 5.41) is 0. The summed E-state index contributed by atoms with van der Waals surface area (Å²) in [6.45, 7) is 0.610. The van der Waals surface area contributed by atoms with Crippen molar-refractivity contribution in [2.75, 3.05) is 0 Å². The molecule has 1 saturated carbocycles. The van der Waals surface area contributed by atoms with Gasteiger partial charge < -0.3 is 4.74 Å². The van der Waals surface area contributed by atoms with E-state index in [0.29, 0.717) is 6.61 Å². The van der Waals surface area contributed by atoms with Crippen LogP contribution in [-0.2, 0) is 13.0 Å². The molecule has 4 rings (SSSR count). The third-order valence-electron chi connectivity index (χ3n) is 4.63. The van der Waals surface area contributed by atoms with E-state index in [1.165, 1.54) is 35.1 Å². The Bertz CT molecular complexity index is 786. The first kappa shape index (κ1) is 15.0. The molecule has 0 aromatic heterocycles. The van der Waals surface area contributed by atoms with Crippen molar-refractivity contribution in [1.82, 2.24) is 0 Å². The maximum absolute atomic E-state index is 6.07. The van der Waals surface area contributed by atoms with Gasteiger partial charge in [-0.2, -0.15) is 0 Å². The summed E-state index contributed by atoms with van der Waals surface area (Å²) in [5.41, 5.74) is 5.27. The molecule has 0 heterocycles. The lowest BCUT2D eigenvalue weighted by atomic mass is 10.0. The summed E-state index contributed by atoms with van der Waals surface area (Å²) >= 11 is 0. The van der Waals surface area contributed by atoms with Gasteiger partial charge in [0.1, 0.15) is 12.4 Å². The van der Waals surface area contributed by atoms with Crippen LogP contribution in [-0.4, -0.2) is 0 Å². The number of rotatable bonds is 6. The predicted molar refractivity (Wildman–Crippen MR) is 98.4 cm³/mol. The topological polar surface area (TPSA) is 9.23 Å². The van der Waals surface area contributed by atoms with Crippen LogP contribution >= 0.6 is 0 Å². The van der Waals surface area contributed by atoms with Crippen LogP contribution in [0.3, 0.4) is 0 Å². The summed E-state index contributed by atoms with van der Waals surface area (Å²) in [7, 11) is 0. The molecule has 0 atom stereocenters. The van der Waals surface area contributed by atoms with Crippen molar-refractivity contribution in [3.63, 3.8) is 0 Å². The lowest BCUT2D eigenvalue weighted by Crippen LogP contribution is -1.99. The summed E-state index contributed by atoms with van der Waals surface area (Å²) < 4.78 is 6.07. The molecule has 1 aliphatic rings. The van der Waals surface area contributed by atoms with Crippen LogP contribution in [0.1, 0.15) is 41.0 Å². The largest absolute Gasteiger partial charge is 0.489 e. The first-order chi connectivity index (χ1) is 11.9. The minimum atomic E-state index is 0.610. The van der Waals surface area contributed by atoms with Gasteiger partial charge in [-0.25, -0.2) is 0 Å². The van der Waals surface area contributed by atoms with E-state index in [1.54, 1.807) is 0 Å². The Morgan fingerprint density at radius 3 is 2.17 bits per heavy atom.